The summed E-state index contributed by atoms with van der Waals surface area (Å²) >= 11 is 5.91. The minimum atomic E-state index is -0.341. The largest absolute Gasteiger partial charge is 0.368 e. The van der Waals surface area contributed by atoms with Crippen molar-refractivity contribution >= 4 is 23.3 Å². The summed E-state index contributed by atoms with van der Waals surface area (Å²) in [5.41, 5.74) is 1.57. The maximum atomic E-state index is 12.4. The van der Waals surface area contributed by atoms with Crippen molar-refractivity contribution in [2.45, 2.75) is 45.6 Å². The third-order valence-corrected chi connectivity index (χ3v) is 4.52. The standard InChI is InChI=1S/C20H25ClN6O2/c1-2-3-12-22-18-17(25-20(21)26-18)19(28)23-13-16-24-15(27-29-16)11-7-10-14-8-5-4-6-9-14/h4-6,8-9,22H,2-3,7,10-13H2,1H3,(H,23,28)(H,25,26). The minimum absolute atomic E-state index is 0.134. The molecular weight excluding hydrogens is 392 g/mol. The van der Waals surface area contributed by atoms with E-state index in [0.717, 1.165) is 25.7 Å². The van der Waals surface area contributed by atoms with Crippen LogP contribution < -0.4 is 10.6 Å². The zero-order chi connectivity index (χ0) is 20.5. The highest BCUT2D eigenvalue weighted by molar-refractivity contribution is 6.28. The van der Waals surface area contributed by atoms with E-state index in [1.165, 1.54) is 5.56 Å². The van der Waals surface area contributed by atoms with Gasteiger partial charge in [0.1, 0.15) is 5.69 Å². The van der Waals surface area contributed by atoms with Crippen LogP contribution in [0.5, 0.6) is 0 Å². The van der Waals surface area contributed by atoms with Crippen LogP contribution >= 0.6 is 11.6 Å². The van der Waals surface area contributed by atoms with E-state index in [1.54, 1.807) is 0 Å². The Hall–Kier alpha value is -2.87. The number of rotatable bonds is 11. The number of aryl methyl sites for hydroxylation is 2. The maximum Gasteiger partial charge on any atom is 0.272 e. The highest BCUT2D eigenvalue weighted by Gasteiger charge is 2.17. The lowest BCUT2D eigenvalue weighted by atomic mass is 10.1. The lowest BCUT2D eigenvalue weighted by Gasteiger charge is -2.05. The van der Waals surface area contributed by atoms with Gasteiger partial charge in [-0.25, -0.2) is 4.98 Å². The molecule has 0 bridgehead atoms. The fraction of sp³-hybridized carbons (Fsp3) is 0.400. The Kier molecular flexibility index (Phi) is 7.63. The SMILES string of the molecule is CCCCNc1nc(Cl)[nH]c1C(=O)NCc1nc(CCCc2ccccc2)no1. The van der Waals surface area contributed by atoms with Gasteiger partial charge in [-0.1, -0.05) is 48.8 Å². The molecular formula is C20H25ClN6O2. The van der Waals surface area contributed by atoms with E-state index in [4.69, 9.17) is 16.1 Å². The number of imidazole rings is 1. The zero-order valence-corrected chi connectivity index (χ0v) is 17.1. The third-order valence-electron chi connectivity index (χ3n) is 4.34. The van der Waals surface area contributed by atoms with E-state index in [1.807, 2.05) is 18.2 Å². The zero-order valence-electron chi connectivity index (χ0n) is 16.4. The molecule has 1 amide bonds. The predicted molar refractivity (Wildman–Crippen MR) is 111 cm³/mol. The number of halogens is 1. The second kappa shape index (κ2) is 10.6. The van der Waals surface area contributed by atoms with Gasteiger partial charge in [0.05, 0.1) is 6.54 Å². The Morgan fingerprint density at radius 1 is 1.17 bits per heavy atom. The summed E-state index contributed by atoms with van der Waals surface area (Å²) in [7, 11) is 0. The Morgan fingerprint density at radius 2 is 2.00 bits per heavy atom. The van der Waals surface area contributed by atoms with Gasteiger partial charge in [0.2, 0.25) is 11.2 Å². The van der Waals surface area contributed by atoms with Crippen LogP contribution in [-0.4, -0.2) is 32.6 Å². The van der Waals surface area contributed by atoms with Crippen molar-refractivity contribution in [3.05, 3.63) is 58.6 Å². The normalized spacial score (nSPS) is 10.8. The molecule has 0 radical (unpaired) electrons. The molecule has 0 fully saturated rings. The van der Waals surface area contributed by atoms with Crippen LogP contribution in [0.15, 0.2) is 34.9 Å². The van der Waals surface area contributed by atoms with E-state index in [9.17, 15) is 4.79 Å². The molecule has 0 spiro atoms. The fourth-order valence-electron chi connectivity index (χ4n) is 2.82. The number of aromatic nitrogens is 4. The topological polar surface area (TPSA) is 109 Å². The number of H-pyrrole nitrogens is 1. The average molecular weight is 417 g/mol. The number of unbranched alkanes of at least 4 members (excludes halogenated alkanes) is 1. The molecule has 154 valence electrons. The number of nitrogens with one attached hydrogen (secondary N) is 3. The van der Waals surface area contributed by atoms with Gasteiger partial charge >= 0.3 is 0 Å². The first-order valence-corrected chi connectivity index (χ1v) is 10.2. The summed E-state index contributed by atoms with van der Waals surface area (Å²) in [5.74, 6) is 1.09. The van der Waals surface area contributed by atoms with Crippen LogP contribution in [0.4, 0.5) is 5.82 Å². The van der Waals surface area contributed by atoms with Crippen LogP contribution in [0.1, 0.15) is 54.0 Å². The number of carbonyl (C=O) groups excluding carboxylic acids is 1. The molecule has 9 heteroatoms. The molecule has 29 heavy (non-hydrogen) atoms. The van der Waals surface area contributed by atoms with Gasteiger partial charge in [0.25, 0.3) is 5.91 Å². The highest BCUT2D eigenvalue weighted by Crippen LogP contribution is 2.16. The molecule has 0 atom stereocenters. The molecule has 2 heterocycles. The van der Waals surface area contributed by atoms with Crippen molar-refractivity contribution in [1.29, 1.82) is 0 Å². The minimum Gasteiger partial charge on any atom is -0.368 e. The number of aromatic amines is 1. The first-order chi connectivity index (χ1) is 14.2. The lowest BCUT2D eigenvalue weighted by molar-refractivity contribution is 0.0942. The quantitative estimate of drug-likeness (QED) is 0.410. The van der Waals surface area contributed by atoms with Gasteiger partial charge in [0.15, 0.2) is 11.6 Å². The van der Waals surface area contributed by atoms with Crippen molar-refractivity contribution in [3.63, 3.8) is 0 Å². The van der Waals surface area contributed by atoms with E-state index < -0.39 is 0 Å². The molecule has 2 aromatic heterocycles. The lowest BCUT2D eigenvalue weighted by Crippen LogP contribution is -2.24. The number of hydrogen-bond donors (Lipinski definition) is 3. The number of carbonyl (C=O) groups is 1. The van der Waals surface area contributed by atoms with Gasteiger partial charge in [-0.15, -0.1) is 0 Å². The van der Waals surface area contributed by atoms with Crippen molar-refractivity contribution in [2.24, 2.45) is 0 Å². The van der Waals surface area contributed by atoms with Crippen molar-refractivity contribution in [1.82, 2.24) is 25.4 Å². The predicted octanol–water partition coefficient (Wildman–Crippen LogP) is 3.76. The number of hydrogen-bond acceptors (Lipinski definition) is 6. The summed E-state index contributed by atoms with van der Waals surface area (Å²) < 4.78 is 5.23. The maximum absolute atomic E-state index is 12.4. The molecule has 0 saturated carbocycles. The monoisotopic (exact) mass is 416 g/mol. The second-order valence-electron chi connectivity index (χ2n) is 6.66. The number of amides is 1. The third kappa shape index (κ3) is 6.32. The van der Waals surface area contributed by atoms with Gasteiger partial charge in [-0.2, -0.15) is 4.98 Å². The number of benzene rings is 1. The summed E-state index contributed by atoms with van der Waals surface area (Å²) in [6.07, 6.45) is 4.61. The van der Waals surface area contributed by atoms with E-state index in [2.05, 4.69) is 49.8 Å². The molecule has 0 aliphatic heterocycles. The highest BCUT2D eigenvalue weighted by atomic mass is 35.5. The summed E-state index contributed by atoms with van der Waals surface area (Å²) in [6.45, 7) is 2.94. The van der Waals surface area contributed by atoms with E-state index in [-0.39, 0.29) is 23.4 Å². The van der Waals surface area contributed by atoms with Gasteiger partial charge in [-0.3, -0.25) is 4.79 Å². The van der Waals surface area contributed by atoms with Crippen LogP contribution in [0.25, 0.3) is 0 Å². The average Bonchev–Trinajstić information content (AvgIpc) is 3.33. The fourth-order valence-corrected chi connectivity index (χ4v) is 3.00. The molecule has 0 aliphatic rings. The van der Waals surface area contributed by atoms with Crippen LogP contribution in [0, 0.1) is 0 Å². The van der Waals surface area contributed by atoms with E-state index >= 15 is 0 Å². The van der Waals surface area contributed by atoms with Crippen molar-refractivity contribution < 1.29 is 9.32 Å². The second-order valence-corrected chi connectivity index (χ2v) is 7.02. The Labute approximate surface area is 174 Å². The summed E-state index contributed by atoms with van der Waals surface area (Å²) in [4.78, 5) is 23.7. The van der Waals surface area contributed by atoms with Gasteiger partial charge in [0, 0.05) is 13.0 Å². The first-order valence-electron chi connectivity index (χ1n) is 9.78. The Balaban J connectivity index is 1.47. The van der Waals surface area contributed by atoms with Crippen LogP contribution in [-0.2, 0) is 19.4 Å². The van der Waals surface area contributed by atoms with Crippen LogP contribution in [0.3, 0.4) is 0 Å². The molecule has 0 aliphatic carbocycles. The van der Waals surface area contributed by atoms with Gasteiger partial charge < -0.3 is 20.1 Å². The summed E-state index contributed by atoms with van der Waals surface area (Å²) in [6, 6.07) is 10.3. The van der Waals surface area contributed by atoms with Crippen molar-refractivity contribution in [2.75, 3.05) is 11.9 Å². The molecule has 8 nitrogen and oxygen atoms in total. The Bertz CT molecular complexity index is 909. The van der Waals surface area contributed by atoms with Gasteiger partial charge in [-0.05, 0) is 36.4 Å². The molecule has 3 N–H and O–H groups in total. The molecule has 0 unspecified atom stereocenters. The summed E-state index contributed by atoms with van der Waals surface area (Å²) in [5, 5.41) is 10.0. The van der Waals surface area contributed by atoms with Crippen molar-refractivity contribution in [3.8, 4) is 0 Å². The molecule has 3 aromatic rings. The Morgan fingerprint density at radius 3 is 2.79 bits per heavy atom. The molecule has 1 aromatic carbocycles. The number of anilines is 1. The smallest absolute Gasteiger partial charge is 0.272 e. The number of nitrogens with zero attached hydrogens (tertiary/aromatic N) is 3. The first kappa shape index (κ1) is 20.9. The molecule has 3 rings (SSSR count). The van der Waals surface area contributed by atoms with E-state index in [0.29, 0.717) is 30.5 Å². The van der Waals surface area contributed by atoms with Crippen LogP contribution in [0.2, 0.25) is 5.28 Å². The molecule has 0 saturated heterocycles.